The predicted octanol–water partition coefficient (Wildman–Crippen LogP) is 2.60. The van der Waals surface area contributed by atoms with Gasteiger partial charge in [0.1, 0.15) is 17.5 Å². The number of piperidine rings is 1. The first-order chi connectivity index (χ1) is 12.6. The van der Waals surface area contributed by atoms with Crippen LogP contribution in [0.5, 0.6) is 5.75 Å². The molecule has 0 bridgehead atoms. The largest absolute Gasteiger partial charge is 0.490 e. The molecule has 8 heteroatoms. The lowest BCUT2D eigenvalue weighted by molar-refractivity contribution is 0.0575. The van der Waals surface area contributed by atoms with Gasteiger partial charge in [0.05, 0.1) is 19.5 Å². The van der Waals surface area contributed by atoms with E-state index in [-0.39, 0.29) is 23.4 Å². The lowest BCUT2D eigenvalue weighted by Gasteiger charge is -2.32. The van der Waals surface area contributed by atoms with Gasteiger partial charge in [-0.05, 0) is 24.3 Å². The molecule has 0 spiro atoms. The summed E-state index contributed by atoms with van der Waals surface area (Å²) in [6.07, 6.45) is 4.04. The number of rotatable bonds is 4. The van der Waals surface area contributed by atoms with Crippen LogP contribution in [0.25, 0.3) is 0 Å². The average molecular weight is 376 g/mol. The number of hydrogen-bond donors (Lipinski definition) is 0. The van der Waals surface area contributed by atoms with Crippen molar-refractivity contribution in [1.82, 2.24) is 14.9 Å². The topological polar surface area (TPSA) is 81.6 Å². The Hall–Kier alpha value is -2.67. The molecule has 26 heavy (non-hydrogen) atoms. The van der Waals surface area contributed by atoms with Crippen molar-refractivity contribution >= 4 is 23.5 Å². The zero-order valence-corrected chi connectivity index (χ0v) is 15.0. The zero-order chi connectivity index (χ0) is 18.5. The molecule has 1 aliphatic rings. The van der Waals surface area contributed by atoms with E-state index in [9.17, 15) is 9.59 Å². The zero-order valence-electron chi connectivity index (χ0n) is 14.2. The van der Waals surface area contributed by atoms with Gasteiger partial charge in [0.25, 0.3) is 5.91 Å². The summed E-state index contributed by atoms with van der Waals surface area (Å²) in [5.74, 6) is -0.0287. The van der Waals surface area contributed by atoms with E-state index in [0.29, 0.717) is 18.1 Å². The van der Waals surface area contributed by atoms with Crippen LogP contribution >= 0.6 is 11.6 Å². The molecule has 1 saturated heterocycles. The molecule has 7 nitrogen and oxygen atoms in total. The summed E-state index contributed by atoms with van der Waals surface area (Å²) in [6.45, 7) is 1.13. The second-order valence-corrected chi connectivity index (χ2v) is 6.28. The molecule has 0 unspecified atom stereocenters. The Labute approximate surface area is 155 Å². The SMILES string of the molecule is COC(=O)c1cnc(C(=O)N2CCC(Oc3ccc(Cl)cc3)CC2)cn1. The maximum Gasteiger partial charge on any atom is 0.358 e. The Morgan fingerprint density at radius 2 is 1.69 bits per heavy atom. The third-order valence-electron chi connectivity index (χ3n) is 4.11. The number of carbonyl (C=O) groups is 2. The molecule has 3 rings (SSSR count). The van der Waals surface area contributed by atoms with Gasteiger partial charge in [0.15, 0.2) is 5.69 Å². The molecule has 1 aromatic heterocycles. The van der Waals surface area contributed by atoms with Crippen molar-refractivity contribution in [1.29, 1.82) is 0 Å². The molecule has 1 amide bonds. The van der Waals surface area contributed by atoms with Crippen LogP contribution in [0.15, 0.2) is 36.7 Å². The van der Waals surface area contributed by atoms with Gasteiger partial charge >= 0.3 is 5.97 Å². The minimum atomic E-state index is -0.586. The fraction of sp³-hybridized carbons (Fsp3) is 0.333. The smallest absolute Gasteiger partial charge is 0.358 e. The molecule has 1 aliphatic heterocycles. The third-order valence-corrected chi connectivity index (χ3v) is 4.36. The number of carbonyl (C=O) groups excluding carboxylic acids is 2. The number of hydrogen-bond acceptors (Lipinski definition) is 6. The summed E-state index contributed by atoms with van der Waals surface area (Å²) in [4.78, 5) is 33.5. The van der Waals surface area contributed by atoms with Gasteiger partial charge in [-0.3, -0.25) is 4.79 Å². The van der Waals surface area contributed by atoms with E-state index >= 15 is 0 Å². The highest BCUT2D eigenvalue weighted by atomic mass is 35.5. The number of benzene rings is 1. The van der Waals surface area contributed by atoms with Crippen LogP contribution in [-0.4, -0.2) is 53.0 Å². The maximum absolute atomic E-state index is 12.5. The first kappa shape index (κ1) is 18.1. The molecule has 0 atom stereocenters. The Bertz CT molecular complexity index is 772. The highest BCUT2D eigenvalue weighted by Crippen LogP contribution is 2.21. The average Bonchev–Trinajstić information content (AvgIpc) is 2.69. The predicted molar refractivity (Wildman–Crippen MR) is 94.4 cm³/mol. The van der Waals surface area contributed by atoms with E-state index < -0.39 is 5.97 Å². The lowest BCUT2D eigenvalue weighted by Crippen LogP contribution is -2.42. The molecular weight excluding hydrogens is 358 g/mol. The molecule has 2 heterocycles. The number of methoxy groups -OCH3 is 1. The van der Waals surface area contributed by atoms with E-state index in [1.165, 1.54) is 19.5 Å². The summed E-state index contributed by atoms with van der Waals surface area (Å²) in [7, 11) is 1.26. The Balaban J connectivity index is 1.54. The van der Waals surface area contributed by atoms with Gasteiger partial charge < -0.3 is 14.4 Å². The number of halogens is 1. The molecule has 1 fully saturated rings. The van der Waals surface area contributed by atoms with Crippen molar-refractivity contribution in [2.45, 2.75) is 18.9 Å². The van der Waals surface area contributed by atoms with Gasteiger partial charge in [0.2, 0.25) is 0 Å². The quantitative estimate of drug-likeness (QED) is 0.764. The maximum atomic E-state index is 12.5. The van der Waals surface area contributed by atoms with Crippen LogP contribution in [0.4, 0.5) is 0 Å². The highest BCUT2D eigenvalue weighted by molar-refractivity contribution is 6.30. The van der Waals surface area contributed by atoms with Gasteiger partial charge in [-0.1, -0.05) is 11.6 Å². The summed E-state index contributed by atoms with van der Waals surface area (Å²) < 4.78 is 10.5. The molecule has 2 aromatic rings. The second-order valence-electron chi connectivity index (χ2n) is 5.84. The van der Waals surface area contributed by atoms with Crippen LogP contribution in [0.1, 0.15) is 33.8 Å². The van der Waals surface area contributed by atoms with Crippen molar-refractivity contribution in [3.63, 3.8) is 0 Å². The Kier molecular flexibility index (Phi) is 5.68. The van der Waals surface area contributed by atoms with Crippen molar-refractivity contribution < 1.29 is 19.1 Å². The number of esters is 1. The fourth-order valence-electron chi connectivity index (χ4n) is 2.69. The molecule has 1 aromatic carbocycles. The number of nitrogens with zero attached hydrogens (tertiary/aromatic N) is 3. The Morgan fingerprint density at radius 1 is 1.08 bits per heavy atom. The lowest BCUT2D eigenvalue weighted by atomic mass is 10.1. The van der Waals surface area contributed by atoms with Crippen LogP contribution in [0.3, 0.4) is 0 Å². The number of amides is 1. The fourth-order valence-corrected chi connectivity index (χ4v) is 2.82. The molecular formula is C18H18ClN3O4. The number of aromatic nitrogens is 2. The van der Waals surface area contributed by atoms with Crippen LogP contribution in [0.2, 0.25) is 5.02 Å². The molecule has 0 aliphatic carbocycles. The first-order valence-electron chi connectivity index (χ1n) is 8.18. The molecule has 0 saturated carbocycles. The monoisotopic (exact) mass is 375 g/mol. The second kappa shape index (κ2) is 8.14. The van der Waals surface area contributed by atoms with Crippen LogP contribution in [-0.2, 0) is 4.74 Å². The number of likely N-dealkylation sites (tertiary alicyclic amines) is 1. The first-order valence-corrected chi connectivity index (χ1v) is 8.56. The van der Waals surface area contributed by atoms with Gasteiger partial charge in [-0.25, -0.2) is 14.8 Å². The standard InChI is InChI=1S/C18H18ClN3O4/c1-25-18(24)16-11-20-15(10-21-16)17(23)22-8-6-14(7-9-22)26-13-4-2-12(19)3-5-13/h2-5,10-11,14H,6-9H2,1H3. The van der Waals surface area contributed by atoms with Crippen molar-refractivity contribution in [3.8, 4) is 5.75 Å². The van der Waals surface area contributed by atoms with Crippen LogP contribution in [0, 0.1) is 0 Å². The van der Waals surface area contributed by atoms with Crippen molar-refractivity contribution in [3.05, 3.63) is 53.1 Å². The minimum Gasteiger partial charge on any atom is -0.490 e. The molecule has 136 valence electrons. The van der Waals surface area contributed by atoms with E-state index in [0.717, 1.165) is 18.6 Å². The van der Waals surface area contributed by atoms with E-state index in [4.69, 9.17) is 16.3 Å². The third kappa shape index (κ3) is 4.29. The van der Waals surface area contributed by atoms with Gasteiger partial charge in [0, 0.05) is 31.0 Å². The number of ether oxygens (including phenoxy) is 2. The summed E-state index contributed by atoms with van der Waals surface area (Å²) >= 11 is 5.87. The van der Waals surface area contributed by atoms with Crippen LogP contribution < -0.4 is 4.74 Å². The minimum absolute atomic E-state index is 0.0491. The molecule has 0 radical (unpaired) electrons. The van der Waals surface area contributed by atoms with E-state index in [1.54, 1.807) is 17.0 Å². The van der Waals surface area contributed by atoms with E-state index in [1.807, 2.05) is 12.1 Å². The Morgan fingerprint density at radius 3 is 2.27 bits per heavy atom. The van der Waals surface area contributed by atoms with Crippen molar-refractivity contribution in [2.24, 2.45) is 0 Å². The highest BCUT2D eigenvalue weighted by Gasteiger charge is 2.25. The normalized spacial score (nSPS) is 14.8. The van der Waals surface area contributed by atoms with Gasteiger partial charge in [-0.15, -0.1) is 0 Å². The summed E-state index contributed by atoms with van der Waals surface area (Å²) in [5.41, 5.74) is 0.272. The summed E-state index contributed by atoms with van der Waals surface area (Å²) in [5, 5.41) is 0.664. The van der Waals surface area contributed by atoms with E-state index in [2.05, 4.69) is 14.7 Å². The van der Waals surface area contributed by atoms with Crippen molar-refractivity contribution in [2.75, 3.05) is 20.2 Å². The molecule has 0 N–H and O–H groups in total. The summed E-state index contributed by atoms with van der Waals surface area (Å²) in [6, 6.07) is 7.23. The van der Waals surface area contributed by atoms with Gasteiger partial charge in [-0.2, -0.15) is 0 Å².